The van der Waals surface area contributed by atoms with E-state index in [-0.39, 0.29) is 11.6 Å². The van der Waals surface area contributed by atoms with Crippen LogP contribution in [0.2, 0.25) is 0 Å². The molecule has 0 bridgehead atoms. The molecule has 0 saturated carbocycles. The average Bonchev–Trinajstić information content (AvgIpc) is 3.35. The predicted octanol–water partition coefficient (Wildman–Crippen LogP) is 3.37. The Morgan fingerprint density at radius 1 is 0.853 bits per heavy atom. The maximum Gasteiger partial charge on any atom is 0.173 e. The molecule has 0 aliphatic carbocycles. The molecule has 0 spiro atoms. The molecule has 1 aliphatic heterocycles. The zero-order valence-electron chi connectivity index (χ0n) is 20.9. The van der Waals surface area contributed by atoms with Crippen LogP contribution in [0.5, 0.6) is 17.2 Å². The van der Waals surface area contributed by atoms with Crippen molar-refractivity contribution in [1.29, 1.82) is 0 Å². The summed E-state index contributed by atoms with van der Waals surface area (Å²) in [5.41, 5.74) is 1.85. The maximum atomic E-state index is 5.79. The zero-order chi connectivity index (χ0) is 24.3. The third-order valence-electron chi connectivity index (χ3n) is 6.21. The second-order valence-electron chi connectivity index (χ2n) is 9.32. The van der Waals surface area contributed by atoms with E-state index in [0.717, 1.165) is 60.5 Å². The number of tetrazole rings is 1. The maximum absolute atomic E-state index is 5.79. The van der Waals surface area contributed by atoms with Crippen molar-refractivity contribution in [3.05, 3.63) is 53.9 Å². The van der Waals surface area contributed by atoms with Crippen LogP contribution in [-0.4, -0.2) is 72.6 Å². The molecule has 0 radical (unpaired) electrons. The third-order valence-corrected chi connectivity index (χ3v) is 6.21. The van der Waals surface area contributed by atoms with E-state index in [1.54, 1.807) is 21.3 Å². The number of hydrogen-bond donors (Lipinski definition) is 0. The van der Waals surface area contributed by atoms with E-state index >= 15 is 0 Å². The summed E-state index contributed by atoms with van der Waals surface area (Å²) in [6.07, 6.45) is 0. The van der Waals surface area contributed by atoms with Gasteiger partial charge in [-0.05, 0) is 55.5 Å². The van der Waals surface area contributed by atoms with Crippen molar-refractivity contribution in [3.63, 3.8) is 0 Å². The highest BCUT2D eigenvalue weighted by Crippen LogP contribution is 2.38. The molecule has 0 N–H and O–H groups in total. The Morgan fingerprint density at radius 3 is 2.21 bits per heavy atom. The van der Waals surface area contributed by atoms with Crippen LogP contribution in [-0.2, 0) is 5.54 Å². The van der Waals surface area contributed by atoms with Crippen LogP contribution in [0.15, 0.2) is 42.5 Å². The van der Waals surface area contributed by atoms with Crippen LogP contribution in [0.3, 0.4) is 0 Å². The Hall–Kier alpha value is -3.33. The number of hydrogen-bond acceptors (Lipinski definition) is 8. The standard InChI is InChI=1S/C25H34N6O3/c1-25(2,3)31-24(26-27-28-31)23(19-12-11-18(32-4)17-22(19)34-6)30-15-13-29(14-16-30)20-9-7-8-10-21(20)33-5/h7-12,17,23H,13-16H2,1-6H3. The van der Waals surface area contributed by atoms with Gasteiger partial charge in [-0.3, -0.25) is 4.90 Å². The Labute approximate surface area is 201 Å². The molecule has 1 unspecified atom stereocenters. The molecule has 4 rings (SSSR count). The molecule has 1 aliphatic rings. The summed E-state index contributed by atoms with van der Waals surface area (Å²) in [6, 6.07) is 13.9. The average molecular weight is 467 g/mol. The molecular weight excluding hydrogens is 432 g/mol. The van der Waals surface area contributed by atoms with Gasteiger partial charge in [0.1, 0.15) is 23.3 Å². The lowest BCUT2D eigenvalue weighted by atomic mass is 10.00. The number of anilines is 1. The number of para-hydroxylation sites is 2. The van der Waals surface area contributed by atoms with Gasteiger partial charge in [-0.2, -0.15) is 0 Å². The molecule has 2 heterocycles. The van der Waals surface area contributed by atoms with Gasteiger partial charge in [0.05, 0.1) is 32.6 Å². The number of methoxy groups -OCH3 is 3. The highest BCUT2D eigenvalue weighted by atomic mass is 16.5. The van der Waals surface area contributed by atoms with Crippen LogP contribution < -0.4 is 19.1 Å². The van der Waals surface area contributed by atoms with Crippen LogP contribution >= 0.6 is 0 Å². The van der Waals surface area contributed by atoms with Crippen LogP contribution in [0.4, 0.5) is 5.69 Å². The molecule has 0 amide bonds. The van der Waals surface area contributed by atoms with Crippen molar-refractivity contribution < 1.29 is 14.2 Å². The molecule has 1 saturated heterocycles. The van der Waals surface area contributed by atoms with Gasteiger partial charge in [0, 0.05) is 37.8 Å². The lowest BCUT2D eigenvalue weighted by Gasteiger charge is -2.41. The number of aromatic nitrogens is 4. The first kappa shape index (κ1) is 23.8. The minimum Gasteiger partial charge on any atom is -0.497 e. The smallest absolute Gasteiger partial charge is 0.173 e. The lowest BCUT2D eigenvalue weighted by molar-refractivity contribution is 0.188. The molecule has 3 aromatic rings. The minimum absolute atomic E-state index is 0.171. The van der Waals surface area contributed by atoms with Gasteiger partial charge in [-0.25, -0.2) is 4.68 Å². The zero-order valence-corrected chi connectivity index (χ0v) is 20.9. The Kier molecular flexibility index (Phi) is 6.92. The molecule has 1 fully saturated rings. The van der Waals surface area contributed by atoms with Gasteiger partial charge in [-0.15, -0.1) is 5.10 Å². The number of piperazine rings is 1. The fraction of sp³-hybridized carbons (Fsp3) is 0.480. The summed E-state index contributed by atoms with van der Waals surface area (Å²) in [5.74, 6) is 3.18. The molecule has 9 heteroatoms. The number of benzene rings is 2. The van der Waals surface area contributed by atoms with Crippen molar-refractivity contribution in [2.45, 2.75) is 32.4 Å². The van der Waals surface area contributed by atoms with Gasteiger partial charge < -0.3 is 19.1 Å². The third kappa shape index (κ3) is 4.65. The number of ether oxygens (including phenoxy) is 3. The van der Waals surface area contributed by atoms with E-state index in [1.165, 1.54) is 0 Å². The van der Waals surface area contributed by atoms with Gasteiger partial charge in [0.25, 0.3) is 0 Å². The van der Waals surface area contributed by atoms with Crippen LogP contribution in [0.1, 0.15) is 38.2 Å². The normalized spacial score (nSPS) is 15.8. The first-order valence-electron chi connectivity index (χ1n) is 11.5. The Balaban J connectivity index is 1.70. The summed E-state index contributed by atoms with van der Waals surface area (Å²) in [6.45, 7) is 9.68. The predicted molar refractivity (Wildman–Crippen MR) is 131 cm³/mol. The van der Waals surface area contributed by atoms with Gasteiger partial charge in [-0.1, -0.05) is 12.1 Å². The second kappa shape index (κ2) is 9.89. The first-order chi connectivity index (χ1) is 16.4. The largest absolute Gasteiger partial charge is 0.497 e. The van der Waals surface area contributed by atoms with E-state index in [4.69, 9.17) is 14.2 Å². The fourth-order valence-corrected chi connectivity index (χ4v) is 4.50. The summed E-state index contributed by atoms with van der Waals surface area (Å²) in [5, 5.41) is 12.9. The van der Waals surface area contributed by atoms with E-state index < -0.39 is 0 Å². The van der Waals surface area contributed by atoms with Crippen molar-refractivity contribution in [2.24, 2.45) is 0 Å². The summed E-state index contributed by atoms with van der Waals surface area (Å²) in [7, 11) is 5.05. The molecule has 182 valence electrons. The number of rotatable bonds is 7. The second-order valence-corrected chi connectivity index (χ2v) is 9.32. The van der Waals surface area contributed by atoms with E-state index in [0.29, 0.717) is 0 Å². The minimum atomic E-state index is -0.268. The number of nitrogens with zero attached hydrogens (tertiary/aromatic N) is 6. The fourth-order valence-electron chi connectivity index (χ4n) is 4.50. The molecule has 9 nitrogen and oxygen atoms in total. The van der Waals surface area contributed by atoms with E-state index in [1.807, 2.05) is 35.0 Å². The highest BCUT2D eigenvalue weighted by molar-refractivity contribution is 5.58. The van der Waals surface area contributed by atoms with Crippen LogP contribution in [0.25, 0.3) is 0 Å². The van der Waals surface area contributed by atoms with Gasteiger partial charge in [0.15, 0.2) is 5.82 Å². The van der Waals surface area contributed by atoms with Crippen molar-refractivity contribution >= 4 is 5.69 Å². The first-order valence-corrected chi connectivity index (χ1v) is 11.5. The quantitative estimate of drug-likeness (QED) is 0.525. The molecule has 2 aromatic carbocycles. The SMILES string of the molecule is COc1ccc(C(c2nnnn2C(C)(C)C)N2CCN(c3ccccc3OC)CC2)c(OC)c1. The van der Waals surface area contributed by atoms with Crippen molar-refractivity contribution in [3.8, 4) is 17.2 Å². The monoisotopic (exact) mass is 466 g/mol. The molecule has 1 atom stereocenters. The van der Waals surface area contributed by atoms with E-state index in [2.05, 4.69) is 58.2 Å². The summed E-state index contributed by atoms with van der Waals surface area (Å²) >= 11 is 0. The molecular formula is C25H34N6O3. The Morgan fingerprint density at radius 2 is 1.56 bits per heavy atom. The van der Waals surface area contributed by atoms with E-state index in [9.17, 15) is 0 Å². The highest BCUT2D eigenvalue weighted by Gasteiger charge is 2.35. The molecule has 34 heavy (non-hydrogen) atoms. The summed E-state index contributed by atoms with van der Waals surface area (Å²) < 4.78 is 18.7. The van der Waals surface area contributed by atoms with Gasteiger partial charge >= 0.3 is 0 Å². The van der Waals surface area contributed by atoms with Crippen molar-refractivity contribution in [2.75, 3.05) is 52.4 Å². The van der Waals surface area contributed by atoms with Crippen molar-refractivity contribution in [1.82, 2.24) is 25.1 Å². The topological polar surface area (TPSA) is 77.8 Å². The van der Waals surface area contributed by atoms with Crippen LogP contribution in [0, 0.1) is 0 Å². The van der Waals surface area contributed by atoms with Gasteiger partial charge in [0.2, 0.25) is 0 Å². The molecule has 1 aromatic heterocycles. The lowest BCUT2D eigenvalue weighted by Crippen LogP contribution is -2.49. The summed E-state index contributed by atoms with van der Waals surface area (Å²) in [4.78, 5) is 4.79. The Bertz CT molecular complexity index is 1100.